The number of morpholine rings is 1. The van der Waals surface area contributed by atoms with Crippen LogP contribution < -0.4 is 10.1 Å². The van der Waals surface area contributed by atoms with Crippen LogP contribution in [0.3, 0.4) is 0 Å². The molecule has 0 bridgehead atoms. The summed E-state index contributed by atoms with van der Waals surface area (Å²) in [6.07, 6.45) is 1.51. The molecule has 27 heavy (non-hydrogen) atoms. The van der Waals surface area contributed by atoms with E-state index in [0.29, 0.717) is 25.3 Å². The second-order valence-electron chi connectivity index (χ2n) is 7.02. The van der Waals surface area contributed by atoms with Gasteiger partial charge in [-0.1, -0.05) is 17.7 Å². The van der Waals surface area contributed by atoms with Crippen LogP contribution in [-0.4, -0.2) is 50.3 Å². The third-order valence-corrected chi connectivity index (χ3v) is 4.64. The van der Waals surface area contributed by atoms with Gasteiger partial charge in [-0.05, 0) is 38.0 Å². The Balaban J connectivity index is 1.44. The van der Waals surface area contributed by atoms with Crippen molar-refractivity contribution in [1.29, 1.82) is 0 Å². The van der Waals surface area contributed by atoms with Gasteiger partial charge in [-0.15, -0.1) is 0 Å². The number of hydrogen-bond acceptors (Lipinski definition) is 5. The van der Waals surface area contributed by atoms with Crippen molar-refractivity contribution in [2.45, 2.75) is 27.3 Å². The van der Waals surface area contributed by atoms with Gasteiger partial charge in [-0.2, -0.15) is 0 Å². The highest BCUT2D eigenvalue weighted by Crippen LogP contribution is 2.24. The summed E-state index contributed by atoms with van der Waals surface area (Å²) >= 11 is 0. The zero-order chi connectivity index (χ0) is 19.2. The van der Waals surface area contributed by atoms with Gasteiger partial charge < -0.3 is 19.2 Å². The van der Waals surface area contributed by atoms with Gasteiger partial charge in [0.2, 0.25) is 0 Å². The maximum Gasteiger partial charge on any atom is 0.254 e. The molecule has 6 heteroatoms. The first-order valence-electron chi connectivity index (χ1n) is 9.39. The molecule has 0 spiro atoms. The van der Waals surface area contributed by atoms with Crippen LogP contribution in [0.25, 0.3) is 0 Å². The lowest BCUT2D eigenvalue weighted by atomic mass is 10.1. The fraction of sp³-hybridized carbons (Fsp3) is 0.476. The lowest BCUT2D eigenvalue weighted by Gasteiger charge is -2.25. The second kappa shape index (κ2) is 9.06. The highest BCUT2D eigenvalue weighted by Gasteiger charge is 2.15. The molecular weight excluding hydrogens is 344 g/mol. The SMILES string of the molecule is Cc1cc(C)c(OCCNC(=O)c2coc(CN3CCOCC3)c2)c(C)c1. The monoisotopic (exact) mass is 372 g/mol. The molecular formula is C21H28N2O4. The molecule has 0 aliphatic carbocycles. The number of furan rings is 1. The quantitative estimate of drug-likeness (QED) is 0.757. The molecule has 1 fully saturated rings. The molecule has 3 rings (SSSR count). The average Bonchev–Trinajstić information content (AvgIpc) is 3.09. The first kappa shape index (κ1) is 19.5. The maximum atomic E-state index is 12.3. The van der Waals surface area contributed by atoms with Crippen LogP contribution in [-0.2, 0) is 11.3 Å². The number of benzene rings is 1. The standard InChI is InChI=1S/C21H28N2O4/c1-15-10-16(2)20(17(3)11-15)26-7-4-22-21(24)18-12-19(27-14-18)13-23-5-8-25-9-6-23/h10-12,14H,4-9,13H2,1-3H3,(H,22,24). The molecule has 1 saturated heterocycles. The summed E-state index contributed by atoms with van der Waals surface area (Å²) in [5, 5.41) is 2.88. The Kier molecular flexibility index (Phi) is 6.53. The van der Waals surface area contributed by atoms with Crippen molar-refractivity contribution in [3.05, 3.63) is 52.5 Å². The van der Waals surface area contributed by atoms with Crippen LogP contribution in [0.5, 0.6) is 5.75 Å². The Labute approximate surface area is 160 Å². The maximum absolute atomic E-state index is 12.3. The van der Waals surface area contributed by atoms with Crippen LogP contribution >= 0.6 is 0 Å². The van der Waals surface area contributed by atoms with Crippen LogP contribution in [0.1, 0.15) is 32.8 Å². The van der Waals surface area contributed by atoms with Gasteiger partial charge in [-0.3, -0.25) is 9.69 Å². The molecule has 0 unspecified atom stereocenters. The van der Waals surface area contributed by atoms with Gasteiger partial charge in [-0.25, -0.2) is 0 Å². The summed E-state index contributed by atoms with van der Waals surface area (Å²) in [5.41, 5.74) is 3.99. The molecule has 1 aliphatic rings. The van der Waals surface area contributed by atoms with E-state index in [9.17, 15) is 4.79 Å². The molecule has 2 heterocycles. The first-order valence-corrected chi connectivity index (χ1v) is 9.39. The summed E-state index contributed by atoms with van der Waals surface area (Å²) in [5.74, 6) is 1.54. The zero-order valence-electron chi connectivity index (χ0n) is 16.3. The summed E-state index contributed by atoms with van der Waals surface area (Å²) in [6.45, 7) is 11.0. The van der Waals surface area contributed by atoms with Crippen molar-refractivity contribution in [2.75, 3.05) is 39.5 Å². The van der Waals surface area contributed by atoms with Crippen molar-refractivity contribution in [3.63, 3.8) is 0 Å². The Morgan fingerprint density at radius 3 is 2.56 bits per heavy atom. The van der Waals surface area contributed by atoms with E-state index in [0.717, 1.165) is 48.9 Å². The van der Waals surface area contributed by atoms with E-state index >= 15 is 0 Å². The molecule has 2 aromatic rings. The van der Waals surface area contributed by atoms with Crippen LogP contribution in [0.4, 0.5) is 0 Å². The number of rotatable bonds is 7. The molecule has 0 saturated carbocycles. The Morgan fingerprint density at radius 1 is 1.15 bits per heavy atom. The van der Waals surface area contributed by atoms with E-state index in [1.54, 1.807) is 6.07 Å². The predicted octanol–water partition coefficient (Wildman–Crippen LogP) is 2.85. The number of hydrogen-bond donors (Lipinski definition) is 1. The lowest BCUT2D eigenvalue weighted by Crippen LogP contribution is -2.35. The van der Waals surface area contributed by atoms with E-state index in [1.807, 2.05) is 13.8 Å². The van der Waals surface area contributed by atoms with Gasteiger partial charge in [0.05, 0.1) is 31.9 Å². The van der Waals surface area contributed by atoms with Crippen molar-refractivity contribution in [3.8, 4) is 5.75 Å². The summed E-state index contributed by atoms with van der Waals surface area (Å²) in [6, 6.07) is 6.00. The molecule has 6 nitrogen and oxygen atoms in total. The molecule has 0 atom stereocenters. The Morgan fingerprint density at radius 2 is 1.85 bits per heavy atom. The van der Waals surface area contributed by atoms with E-state index in [2.05, 4.69) is 29.3 Å². The fourth-order valence-electron chi connectivity index (χ4n) is 3.38. The van der Waals surface area contributed by atoms with Gasteiger partial charge >= 0.3 is 0 Å². The minimum Gasteiger partial charge on any atom is -0.491 e. The lowest BCUT2D eigenvalue weighted by molar-refractivity contribution is 0.0313. The predicted molar refractivity (Wildman–Crippen MR) is 103 cm³/mol. The number of nitrogens with one attached hydrogen (secondary N) is 1. The van der Waals surface area contributed by atoms with Crippen molar-refractivity contribution < 1.29 is 18.7 Å². The molecule has 0 radical (unpaired) electrons. The topological polar surface area (TPSA) is 63.9 Å². The minimum absolute atomic E-state index is 0.145. The van der Waals surface area contributed by atoms with Crippen LogP contribution in [0, 0.1) is 20.8 Å². The highest BCUT2D eigenvalue weighted by molar-refractivity contribution is 5.93. The first-order chi connectivity index (χ1) is 13.0. The molecule has 146 valence electrons. The minimum atomic E-state index is -0.145. The van der Waals surface area contributed by atoms with Crippen LogP contribution in [0.2, 0.25) is 0 Å². The van der Waals surface area contributed by atoms with Crippen LogP contribution in [0.15, 0.2) is 28.9 Å². The van der Waals surface area contributed by atoms with Crippen molar-refractivity contribution in [1.82, 2.24) is 10.2 Å². The Hall–Kier alpha value is -2.31. The number of carbonyl (C=O) groups is 1. The third kappa shape index (κ3) is 5.34. The summed E-state index contributed by atoms with van der Waals surface area (Å²) in [4.78, 5) is 14.5. The number of aryl methyl sites for hydroxylation is 3. The van der Waals surface area contributed by atoms with E-state index in [4.69, 9.17) is 13.9 Å². The van der Waals surface area contributed by atoms with E-state index in [1.165, 1.54) is 11.8 Å². The molecule has 1 aromatic carbocycles. The second-order valence-corrected chi connectivity index (χ2v) is 7.02. The summed E-state index contributed by atoms with van der Waals surface area (Å²) < 4.78 is 16.7. The molecule has 1 aromatic heterocycles. The number of carbonyl (C=O) groups excluding carboxylic acids is 1. The third-order valence-electron chi connectivity index (χ3n) is 4.64. The highest BCUT2D eigenvalue weighted by atomic mass is 16.5. The van der Waals surface area contributed by atoms with E-state index in [-0.39, 0.29) is 5.91 Å². The van der Waals surface area contributed by atoms with Gasteiger partial charge in [0.15, 0.2) is 0 Å². The summed E-state index contributed by atoms with van der Waals surface area (Å²) in [7, 11) is 0. The van der Waals surface area contributed by atoms with Crippen molar-refractivity contribution in [2.24, 2.45) is 0 Å². The normalized spacial score (nSPS) is 14.9. The number of nitrogens with zero attached hydrogens (tertiary/aromatic N) is 1. The molecule has 1 amide bonds. The Bertz CT molecular complexity index is 755. The molecule has 1 aliphatic heterocycles. The number of amides is 1. The average molecular weight is 372 g/mol. The number of ether oxygens (including phenoxy) is 2. The van der Waals surface area contributed by atoms with Gasteiger partial charge in [0.25, 0.3) is 5.91 Å². The van der Waals surface area contributed by atoms with Crippen molar-refractivity contribution >= 4 is 5.91 Å². The largest absolute Gasteiger partial charge is 0.491 e. The molecule has 1 N–H and O–H groups in total. The smallest absolute Gasteiger partial charge is 0.254 e. The van der Waals surface area contributed by atoms with Gasteiger partial charge in [0, 0.05) is 13.1 Å². The fourth-order valence-corrected chi connectivity index (χ4v) is 3.38. The zero-order valence-corrected chi connectivity index (χ0v) is 16.3. The van der Waals surface area contributed by atoms with Gasteiger partial charge in [0.1, 0.15) is 24.4 Å². The van der Waals surface area contributed by atoms with E-state index < -0.39 is 0 Å².